The number of ether oxygens (including phenoxy) is 1. The molecule has 0 aromatic heterocycles. The fourth-order valence-corrected chi connectivity index (χ4v) is 3.40. The fourth-order valence-electron chi connectivity index (χ4n) is 2.63. The largest absolute Gasteiger partial charge is 0.452 e. The molecule has 0 spiro atoms. The Morgan fingerprint density at radius 1 is 1.38 bits per heavy atom. The number of nitrogens with one attached hydrogen (secondary N) is 1. The third-order valence-corrected chi connectivity index (χ3v) is 5.40. The summed E-state index contributed by atoms with van der Waals surface area (Å²) in [5, 5.41) is 0. The monoisotopic (exact) mass is 354 g/mol. The van der Waals surface area contributed by atoms with Crippen LogP contribution in [0.25, 0.3) is 0 Å². The van der Waals surface area contributed by atoms with Crippen LogP contribution < -0.4 is 4.72 Å². The van der Waals surface area contributed by atoms with Crippen molar-refractivity contribution in [3.8, 4) is 0 Å². The maximum atomic E-state index is 12.1. The molecule has 2 rings (SSSR count). The van der Waals surface area contributed by atoms with Crippen LogP contribution in [0.15, 0.2) is 29.2 Å². The number of piperidine rings is 1. The van der Waals surface area contributed by atoms with Gasteiger partial charge in [0.15, 0.2) is 6.61 Å². The summed E-state index contributed by atoms with van der Waals surface area (Å²) in [4.78, 5) is 25.8. The molecule has 0 unspecified atom stereocenters. The molecule has 1 aromatic carbocycles. The van der Waals surface area contributed by atoms with Crippen molar-refractivity contribution in [1.82, 2.24) is 9.62 Å². The molecule has 1 fully saturated rings. The Bertz CT molecular complexity index is 717. The molecule has 8 heteroatoms. The number of benzene rings is 1. The summed E-state index contributed by atoms with van der Waals surface area (Å²) in [6.45, 7) is 3.09. The highest BCUT2D eigenvalue weighted by atomic mass is 32.2. The van der Waals surface area contributed by atoms with Gasteiger partial charge >= 0.3 is 5.97 Å². The average Bonchev–Trinajstić information content (AvgIpc) is 2.59. The smallest absolute Gasteiger partial charge is 0.338 e. The molecule has 0 aliphatic carbocycles. The molecule has 0 saturated carbocycles. The van der Waals surface area contributed by atoms with Gasteiger partial charge < -0.3 is 9.64 Å². The quantitative estimate of drug-likeness (QED) is 0.797. The first-order valence-electron chi connectivity index (χ1n) is 7.82. The van der Waals surface area contributed by atoms with E-state index in [2.05, 4.69) is 11.6 Å². The molecular formula is C16H22N2O5S. The zero-order valence-corrected chi connectivity index (χ0v) is 14.6. The molecular weight excluding hydrogens is 332 g/mol. The van der Waals surface area contributed by atoms with Crippen LogP contribution in [0.5, 0.6) is 0 Å². The number of nitrogens with zero attached hydrogens (tertiary/aromatic N) is 1. The molecule has 1 saturated heterocycles. The van der Waals surface area contributed by atoms with E-state index in [4.69, 9.17) is 4.74 Å². The number of likely N-dealkylation sites (tertiary alicyclic amines) is 1. The van der Waals surface area contributed by atoms with Crippen molar-refractivity contribution >= 4 is 21.9 Å². The second kappa shape index (κ2) is 7.76. The summed E-state index contributed by atoms with van der Waals surface area (Å²) in [5.41, 5.74) is 0.0890. The van der Waals surface area contributed by atoms with E-state index in [0.29, 0.717) is 19.0 Å². The second-order valence-corrected chi connectivity index (χ2v) is 7.79. The van der Waals surface area contributed by atoms with Gasteiger partial charge in [0.1, 0.15) is 0 Å². The van der Waals surface area contributed by atoms with Crippen molar-refractivity contribution < 1.29 is 22.7 Å². The highest BCUT2D eigenvalue weighted by molar-refractivity contribution is 7.89. The number of rotatable bonds is 5. The van der Waals surface area contributed by atoms with Gasteiger partial charge in [-0.05, 0) is 44.0 Å². The van der Waals surface area contributed by atoms with Crippen LogP contribution in [0.4, 0.5) is 0 Å². The van der Waals surface area contributed by atoms with E-state index in [1.165, 1.54) is 31.3 Å². The van der Waals surface area contributed by atoms with Crippen LogP contribution >= 0.6 is 0 Å². The summed E-state index contributed by atoms with van der Waals surface area (Å²) in [6, 6.07) is 5.50. The zero-order valence-electron chi connectivity index (χ0n) is 13.8. The number of carbonyl (C=O) groups excluding carboxylic acids is 2. The molecule has 1 amide bonds. The lowest BCUT2D eigenvalue weighted by atomic mass is 10.0. The van der Waals surface area contributed by atoms with Crippen molar-refractivity contribution in [3.05, 3.63) is 29.8 Å². The Morgan fingerprint density at radius 3 is 2.79 bits per heavy atom. The zero-order chi connectivity index (χ0) is 17.7. The predicted octanol–water partition coefficient (Wildman–Crippen LogP) is 1.01. The van der Waals surface area contributed by atoms with Crippen molar-refractivity contribution in [1.29, 1.82) is 0 Å². The molecule has 1 N–H and O–H groups in total. The summed E-state index contributed by atoms with van der Waals surface area (Å²) in [7, 11) is -2.35. The molecule has 1 aromatic rings. The molecule has 7 nitrogen and oxygen atoms in total. The molecule has 132 valence electrons. The van der Waals surface area contributed by atoms with Gasteiger partial charge in [0, 0.05) is 13.1 Å². The summed E-state index contributed by atoms with van der Waals surface area (Å²) >= 11 is 0. The van der Waals surface area contributed by atoms with Crippen molar-refractivity contribution in [2.45, 2.75) is 24.7 Å². The Labute approximate surface area is 142 Å². The molecule has 24 heavy (non-hydrogen) atoms. The van der Waals surface area contributed by atoms with E-state index in [9.17, 15) is 18.0 Å². The second-order valence-electron chi connectivity index (χ2n) is 5.90. The van der Waals surface area contributed by atoms with E-state index in [0.717, 1.165) is 12.8 Å². The van der Waals surface area contributed by atoms with Crippen LogP contribution in [-0.2, 0) is 19.6 Å². The lowest BCUT2D eigenvalue weighted by molar-refractivity contribution is -0.136. The van der Waals surface area contributed by atoms with E-state index in [1.807, 2.05) is 0 Å². The summed E-state index contributed by atoms with van der Waals surface area (Å²) in [5.74, 6) is -0.503. The number of sulfonamides is 1. The lowest BCUT2D eigenvalue weighted by Crippen LogP contribution is -2.41. The van der Waals surface area contributed by atoms with Crippen LogP contribution in [0.3, 0.4) is 0 Å². The van der Waals surface area contributed by atoms with Gasteiger partial charge in [0.25, 0.3) is 5.91 Å². The minimum Gasteiger partial charge on any atom is -0.452 e. The van der Waals surface area contributed by atoms with Crippen LogP contribution in [0.1, 0.15) is 30.1 Å². The standard InChI is InChI=1S/C16H22N2O5S/c1-12-5-4-8-18(10-12)15(19)11-23-16(20)13-6-3-7-14(9-13)24(21,22)17-2/h3,6-7,9,12,17H,4-5,8,10-11H2,1-2H3/t12-/m0/s1. The Hall–Kier alpha value is -1.93. The number of carbonyl (C=O) groups is 2. The number of hydrogen-bond donors (Lipinski definition) is 1. The first-order valence-corrected chi connectivity index (χ1v) is 9.30. The fraction of sp³-hybridized carbons (Fsp3) is 0.500. The third kappa shape index (κ3) is 4.55. The van der Waals surface area contributed by atoms with Gasteiger partial charge in [-0.15, -0.1) is 0 Å². The number of hydrogen-bond acceptors (Lipinski definition) is 5. The van der Waals surface area contributed by atoms with Gasteiger partial charge in [-0.25, -0.2) is 17.9 Å². The highest BCUT2D eigenvalue weighted by Gasteiger charge is 2.22. The van der Waals surface area contributed by atoms with Crippen molar-refractivity contribution in [2.75, 3.05) is 26.7 Å². The van der Waals surface area contributed by atoms with E-state index in [1.54, 1.807) is 4.90 Å². The average molecular weight is 354 g/mol. The minimum atomic E-state index is -3.64. The summed E-state index contributed by atoms with van der Waals surface area (Å²) < 4.78 is 30.7. The van der Waals surface area contributed by atoms with Gasteiger partial charge in [0.2, 0.25) is 10.0 Å². The highest BCUT2D eigenvalue weighted by Crippen LogP contribution is 2.16. The maximum absolute atomic E-state index is 12.1. The molecule has 1 atom stereocenters. The van der Waals surface area contributed by atoms with Gasteiger partial charge in [-0.3, -0.25) is 4.79 Å². The van der Waals surface area contributed by atoms with Crippen LogP contribution in [-0.4, -0.2) is 51.9 Å². The van der Waals surface area contributed by atoms with Crippen molar-refractivity contribution in [3.63, 3.8) is 0 Å². The Morgan fingerprint density at radius 2 is 2.12 bits per heavy atom. The Kier molecular flexibility index (Phi) is 5.95. The molecule has 1 heterocycles. The van der Waals surface area contributed by atoms with Gasteiger partial charge in [-0.2, -0.15) is 0 Å². The summed E-state index contributed by atoms with van der Waals surface area (Å²) in [6.07, 6.45) is 2.04. The predicted molar refractivity (Wildman–Crippen MR) is 87.9 cm³/mol. The topological polar surface area (TPSA) is 92.8 Å². The Balaban J connectivity index is 1.98. The number of amides is 1. The first-order chi connectivity index (χ1) is 11.3. The lowest BCUT2D eigenvalue weighted by Gasteiger charge is -2.30. The first kappa shape index (κ1) is 18.4. The maximum Gasteiger partial charge on any atom is 0.338 e. The molecule has 1 aliphatic rings. The number of esters is 1. The van der Waals surface area contributed by atoms with E-state index in [-0.39, 0.29) is 23.0 Å². The van der Waals surface area contributed by atoms with E-state index < -0.39 is 16.0 Å². The molecule has 0 radical (unpaired) electrons. The third-order valence-electron chi connectivity index (χ3n) is 3.99. The normalized spacial score (nSPS) is 18.2. The van der Waals surface area contributed by atoms with Gasteiger partial charge in [-0.1, -0.05) is 13.0 Å². The minimum absolute atomic E-state index is 0.0318. The SMILES string of the molecule is CNS(=O)(=O)c1cccc(C(=O)OCC(=O)N2CCC[C@H](C)C2)c1. The molecule has 1 aliphatic heterocycles. The molecule has 0 bridgehead atoms. The van der Waals surface area contributed by atoms with Gasteiger partial charge in [0.05, 0.1) is 10.5 Å². The van der Waals surface area contributed by atoms with Crippen LogP contribution in [0.2, 0.25) is 0 Å². The van der Waals surface area contributed by atoms with E-state index >= 15 is 0 Å². The van der Waals surface area contributed by atoms with Crippen molar-refractivity contribution in [2.24, 2.45) is 5.92 Å². The van der Waals surface area contributed by atoms with Crippen LogP contribution in [0, 0.1) is 5.92 Å².